The molecular formula is C10H11ClN3NaO4S. The monoisotopic (exact) mass is 327 g/mol. The summed E-state index contributed by atoms with van der Waals surface area (Å²) in [5.74, 6) is -0.780. The van der Waals surface area contributed by atoms with Crippen LogP contribution in [0.25, 0.3) is 0 Å². The Morgan fingerprint density at radius 1 is 1.55 bits per heavy atom. The number of hydrogen-bond donors (Lipinski definition) is 3. The number of rotatable bonds is 5. The molecule has 0 atom stereocenters. The minimum absolute atomic E-state index is 0. The van der Waals surface area contributed by atoms with E-state index in [-0.39, 0.29) is 46.7 Å². The van der Waals surface area contributed by atoms with Crippen LogP contribution in [0.2, 0.25) is 5.02 Å². The van der Waals surface area contributed by atoms with Crippen LogP contribution in [-0.4, -0.2) is 24.6 Å². The topological polar surface area (TPSA) is 126 Å². The average Bonchev–Trinajstić information content (AvgIpc) is 2.25. The molecule has 0 saturated heterocycles. The minimum atomic E-state index is -4.42. The molecule has 0 aliphatic carbocycles. The predicted molar refractivity (Wildman–Crippen MR) is 70.3 cm³/mol. The first-order valence-corrected chi connectivity index (χ1v) is 6.82. The number of nitrogens with zero attached hydrogens (tertiary/aromatic N) is 1. The van der Waals surface area contributed by atoms with Crippen molar-refractivity contribution < 1.29 is 47.6 Å². The Labute approximate surface area is 143 Å². The molecule has 3 N–H and O–H groups in total. The molecule has 1 aromatic carbocycles. The molecule has 0 saturated carbocycles. The Bertz CT molecular complexity index is 633. The van der Waals surface area contributed by atoms with E-state index < -0.39 is 20.9 Å². The summed E-state index contributed by atoms with van der Waals surface area (Å²) in [6, 6.07) is 3.85. The third kappa shape index (κ3) is 6.21. The molecule has 0 aliphatic rings. The molecular weight excluding hydrogens is 317 g/mol. The van der Waals surface area contributed by atoms with Crippen molar-refractivity contribution in [3.8, 4) is 0 Å². The molecule has 0 spiro atoms. The molecule has 0 amide bonds. The van der Waals surface area contributed by atoms with Gasteiger partial charge in [-0.3, -0.25) is 9.98 Å². The molecule has 0 radical (unpaired) electrons. The fourth-order valence-electron chi connectivity index (χ4n) is 1.20. The number of hydrazone groups is 1. The van der Waals surface area contributed by atoms with Crippen molar-refractivity contribution in [1.29, 1.82) is 5.41 Å². The normalized spacial score (nSPS) is 11.7. The second-order valence-corrected chi connectivity index (χ2v) is 5.48. The van der Waals surface area contributed by atoms with Crippen LogP contribution in [0.5, 0.6) is 0 Å². The molecule has 0 unspecified atom stereocenters. The summed E-state index contributed by atoms with van der Waals surface area (Å²) in [4.78, 5) is -0.441. The second kappa shape index (κ2) is 7.96. The first-order chi connectivity index (χ1) is 8.70. The van der Waals surface area contributed by atoms with Gasteiger partial charge in [-0.05, 0) is 31.0 Å². The molecule has 20 heavy (non-hydrogen) atoms. The van der Waals surface area contributed by atoms with Gasteiger partial charge >= 0.3 is 29.6 Å². The van der Waals surface area contributed by atoms with E-state index in [0.29, 0.717) is 5.71 Å². The van der Waals surface area contributed by atoms with Crippen molar-refractivity contribution in [3.05, 3.63) is 23.2 Å². The zero-order chi connectivity index (χ0) is 14.6. The maximum absolute atomic E-state index is 11.0. The first kappa shape index (κ1) is 19.4. The summed E-state index contributed by atoms with van der Waals surface area (Å²) in [5.41, 5.74) is 3.14. The third-order valence-electron chi connectivity index (χ3n) is 2.00. The Kier molecular flexibility index (Phi) is 7.71. The fraction of sp³-hybridized carbons (Fsp3) is 0.200. The fourth-order valence-corrected chi connectivity index (χ4v) is 2.20. The maximum Gasteiger partial charge on any atom is 1.00 e. The molecule has 0 fully saturated rings. The Morgan fingerprint density at radius 3 is 2.65 bits per heavy atom. The van der Waals surface area contributed by atoms with Gasteiger partial charge in [0.15, 0.2) is 0 Å². The standard InChI is InChI=1S/C10H12ClN3O4S.Na/c1-6(4-10(12)15)13-14-7-2-3-8(11)9(5-7)19(16,17)18;/h2-3,5,14H,4H2,1H3,(H2,12,15)(H,16,17,18);/q;+1/p-1/b13-6-;. The van der Waals surface area contributed by atoms with Crippen molar-refractivity contribution in [2.75, 3.05) is 5.43 Å². The SMILES string of the molecule is C/C(CC(=N)[O-])=N/Nc1ccc(Cl)c(S(=O)(=O)O)c1.[Na+]. The summed E-state index contributed by atoms with van der Waals surface area (Å²) < 4.78 is 31.0. The van der Waals surface area contributed by atoms with Crippen molar-refractivity contribution in [2.45, 2.75) is 18.2 Å². The predicted octanol–water partition coefficient (Wildman–Crippen LogP) is -1.89. The van der Waals surface area contributed by atoms with E-state index in [9.17, 15) is 13.5 Å². The number of hydrogen-bond acceptors (Lipinski definition) is 6. The molecule has 0 bridgehead atoms. The van der Waals surface area contributed by atoms with E-state index in [0.717, 1.165) is 6.07 Å². The van der Waals surface area contributed by atoms with Crippen LogP contribution in [0.15, 0.2) is 28.2 Å². The minimum Gasteiger partial charge on any atom is -0.862 e. The quantitative estimate of drug-likeness (QED) is 0.192. The van der Waals surface area contributed by atoms with Gasteiger partial charge < -0.3 is 10.5 Å². The summed E-state index contributed by atoms with van der Waals surface area (Å²) in [6.07, 6.45) is -0.133. The molecule has 0 heterocycles. The van der Waals surface area contributed by atoms with E-state index >= 15 is 0 Å². The van der Waals surface area contributed by atoms with E-state index in [1.54, 1.807) is 6.92 Å². The molecule has 1 rings (SSSR count). The first-order valence-electron chi connectivity index (χ1n) is 5.01. The van der Waals surface area contributed by atoms with Crippen LogP contribution in [0.1, 0.15) is 13.3 Å². The van der Waals surface area contributed by atoms with Crippen molar-refractivity contribution in [3.63, 3.8) is 0 Å². The molecule has 7 nitrogen and oxygen atoms in total. The number of anilines is 1. The van der Waals surface area contributed by atoms with Gasteiger partial charge in [0.2, 0.25) is 0 Å². The van der Waals surface area contributed by atoms with Crippen LogP contribution in [0, 0.1) is 5.41 Å². The third-order valence-corrected chi connectivity index (χ3v) is 3.34. The van der Waals surface area contributed by atoms with Crippen LogP contribution >= 0.6 is 11.6 Å². The van der Waals surface area contributed by atoms with Gasteiger partial charge in [0.05, 0.1) is 10.7 Å². The Hall–Kier alpha value is -0.640. The van der Waals surface area contributed by atoms with Gasteiger partial charge in [-0.15, -0.1) is 0 Å². The van der Waals surface area contributed by atoms with Crippen molar-refractivity contribution >= 4 is 39.0 Å². The number of benzene rings is 1. The van der Waals surface area contributed by atoms with Crippen LogP contribution in [-0.2, 0) is 10.1 Å². The van der Waals surface area contributed by atoms with Crippen molar-refractivity contribution in [1.82, 2.24) is 0 Å². The van der Waals surface area contributed by atoms with Gasteiger partial charge in [0.25, 0.3) is 10.1 Å². The summed E-state index contributed by atoms with van der Waals surface area (Å²) in [6.45, 7) is 1.54. The summed E-state index contributed by atoms with van der Waals surface area (Å²) in [5, 5.41) is 21.0. The summed E-state index contributed by atoms with van der Waals surface area (Å²) in [7, 11) is -4.42. The van der Waals surface area contributed by atoms with Gasteiger partial charge in [0, 0.05) is 12.1 Å². The maximum atomic E-state index is 11.0. The smallest absolute Gasteiger partial charge is 0.862 e. The van der Waals surface area contributed by atoms with Crippen molar-refractivity contribution in [2.24, 2.45) is 5.10 Å². The van der Waals surface area contributed by atoms with Gasteiger partial charge in [-0.1, -0.05) is 11.6 Å². The van der Waals surface area contributed by atoms with Crippen LogP contribution < -0.4 is 40.1 Å². The van der Waals surface area contributed by atoms with E-state index in [2.05, 4.69) is 10.5 Å². The molecule has 0 aliphatic heterocycles. The molecule has 1 aromatic rings. The van der Waals surface area contributed by atoms with E-state index in [1.807, 2.05) is 0 Å². The summed E-state index contributed by atoms with van der Waals surface area (Å²) >= 11 is 5.64. The Balaban J connectivity index is 0.00000361. The molecule has 104 valence electrons. The molecule has 10 heteroatoms. The molecule has 0 aromatic heterocycles. The number of nitrogens with one attached hydrogen (secondary N) is 2. The largest absolute Gasteiger partial charge is 1.00 e. The van der Waals surface area contributed by atoms with E-state index in [4.69, 9.17) is 21.6 Å². The van der Waals surface area contributed by atoms with E-state index in [1.165, 1.54) is 12.1 Å². The van der Waals surface area contributed by atoms with Crippen LogP contribution in [0.4, 0.5) is 5.69 Å². The average molecular weight is 328 g/mol. The Morgan fingerprint density at radius 2 is 2.15 bits per heavy atom. The zero-order valence-electron chi connectivity index (χ0n) is 10.8. The van der Waals surface area contributed by atoms with Gasteiger partial charge in [-0.2, -0.15) is 13.5 Å². The second-order valence-electron chi connectivity index (χ2n) is 3.68. The van der Waals surface area contributed by atoms with Gasteiger partial charge in [0.1, 0.15) is 4.90 Å². The zero-order valence-corrected chi connectivity index (χ0v) is 14.4. The van der Waals surface area contributed by atoms with Gasteiger partial charge in [-0.25, -0.2) is 0 Å². The number of halogens is 1. The van der Waals surface area contributed by atoms with Crippen LogP contribution in [0.3, 0.4) is 0 Å².